The molecule has 1 aliphatic carbocycles. The molecular formula is C15H21BrN2O. The van der Waals surface area contributed by atoms with Gasteiger partial charge in [-0.1, -0.05) is 22.9 Å². The summed E-state index contributed by atoms with van der Waals surface area (Å²) in [4.78, 5) is 14.1. The van der Waals surface area contributed by atoms with E-state index in [1.54, 1.807) is 0 Å². The van der Waals surface area contributed by atoms with Crippen molar-refractivity contribution in [3.05, 3.63) is 28.2 Å². The van der Waals surface area contributed by atoms with Crippen LogP contribution in [0.2, 0.25) is 0 Å². The summed E-state index contributed by atoms with van der Waals surface area (Å²) >= 11 is 3.48. The van der Waals surface area contributed by atoms with E-state index in [9.17, 15) is 4.79 Å². The highest BCUT2D eigenvalue weighted by Crippen LogP contribution is 2.27. The number of halogens is 1. The molecule has 1 N–H and O–H groups in total. The number of rotatable bonds is 6. The molecule has 3 nitrogen and oxygen atoms in total. The van der Waals surface area contributed by atoms with E-state index in [4.69, 9.17) is 0 Å². The standard InChI is InChI=1S/C15H21BrN2O/c1-3-11-9-12(16)5-8-14(11)17-10-15(19)18(4-2)13-6-7-13/h5,8-9,13,17H,3-4,6-7,10H2,1-2H3. The lowest BCUT2D eigenvalue weighted by atomic mass is 10.1. The monoisotopic (exact) mass is 324 g/mol. The summed E-state index contributed by atoms with van der Waals surface area (Å²) < 4.78 is 1.08. The molecular weight excluding hydrogens is 304 g/mol. The number of carbonyl (C=O) groups is 1. The van der Waals surface area contributed by atoms with E-state index in [0.717, 1.165) is 36.0 Å². The molecule has 1 amide bonds. The SMILES string of the molecule is CCc1cc(Br)ccc1NCC(=O)N(CC)C1CC1. The van der Waals surface area contributed by atoms with Crippen molar-refractivity contribution in [2.24, 2.45) is 0 Å². The summed E-state index contributed by atoms with van der Waals surface area (Å²) in [6.07, 6.45) is 3.28. The Bertz CT molecular complexity index is 457. The van der Waals surface area contributed by atoms with Crippen LogP contribution in [0.25, 0.3) is 0 Å². The number of nitrogens with one attached hydrogen (secondary N) is 1. The van der Waals surface area contributed by atoms with Gasteiger partial charge < -0.3 is 10.2 Å². The minimum Gasteiger partial charge on any atom is -0.376 e. The van der Waals surface area contributed by atoms with Gasteiger partial charge in [0, 0.05) is 22.7 Å². The highest BCUT2D eigenvalue weighted by Gasteiger charge is 2.30. The second-order valence-electron chi connectivity index (χ2n) is 4.92. The van der Waals surface area contributed by atoms with Crippen molar-refractivity contribution in [1.29, 1.82) is 0 Å². The Morgan fingerprint density at radius 2 is 2.16 bits per heavy atom. The van der Waals surface area contributed by atoms with Crippen LogP contribution in [-0.4, -0.2) is 29.9 Å². The lowest BCUT2D eigenvalue weighted by molar-refractivity contribution is -0.129. The zero-order chi connectivity index (χ0) is 13.8. The Balaban J connectivity index is 1.96. The Morgan fingerprint density at radius 1 is 1.42 bits per heavy atom. The molecule has 104 valence electrons. The molecule has 1 aromatic rings. The minimum atomic E-state index is 0.204. The molecule has 0 saturated heterocycles. The molecule has 0 aliphatic heterocycles. The number of benzene rings is 1. The van der Waals surface area contributed by atoms with Crippen LogP contribution in [-0.2, 0) is 11.2 Å². The van der Waals surface area contributed by atoms with E-state index in [0.29, 0.717) is 12.6 Å². The van der Waals surface area contributed by atoms with Crippen molar-refractivity contribution in [3.63, 3.8) is 0 Å². The molecule has 0 atom stereocenters. The molecule has 0 radical (unpaired) electrons. The third kappa shape index (κ3) is 3.72. The fourth-order valence-corrected chi connectivity index (χ4v) is 2.73. The molecule has 4 heteroatoms. The molecule has 0 unspecified atom stereocenters. The van der Waals surface area contributed by atoms with Gasteiger partial charge in [-0.05, 0) is 49.9 Å². The normalized spacial score (nSPS) is 14.3. The van der Waals surface area contributed by atoms with Crippen LogP contribution in [0.1, 0.15) is 32.3 Å². The van der Waals surface area contributed by atoms with E-state index < -0.39 is 0 Å². The maximum absolute atomic E-state index is 12.1. The first-order chi connectivity index (χ1) is 9.15. The zero-order valence-electron chi connectivity index (χ0n) is 11.6. The Hall–Kier alpha value is -1.03. The average molecular weight is 325 g/mol. The number of hydrogen-bond acceptors (Lipinski definition) is 2. The van der Waals surface area contributed by atoms with Crippen LogP contribution < -0.4 is 5.32 Å². The zero-order valence-corrected chi connectivity index (χ0v) is 13.2. The molecule has 0 aromatic heterocycles. The fourth-order valence-electron chi connectivity index (χ4n) is 2.32. The first kappa shape index (κ1) is 14.4. The van der Waals surface area contributed by atoms with Crippen LogP contribution >= 0.6 is 15.9 Å². The smallest absolute Gasteiger partial charge is 0.242 e. The maximum atomic E-state index is 12.1. The van der Waals surface area contributed by atoms with Crippen LogP contribution in [0.15, 0.2) is 22.7 Å². The number of likely N-dealkylation sites (N-methyl/N-ethyl adjacent to an activating group) is 1. The van der Waals surface area contributed by atoms with Gasteiger partial charge in [0.1, 0.15) is 0 Å². The third-order valence-electron chi connectivity index (χ3n) is 3.53. The van der Waals surface area contributed by atoms with Crippen molar-refractivity contribution >= 4 is 27.5 Å². The van der Waals surface area contributed by atoms with Gasteiger partial charge in [0.05, 0.1) is 6.54 Å². The number of hydrogen-bond donors (Lipinski definition) is 1. The molecule has 0 heterocycles. The minimum absolute atomic E-state index is 0.204. The molecule has 19 heavy (non-hydrogen) atoms. The molecule has 0 bridgehead atoms. The van der Waals surface area contributed by atoms with Crippen molar-refractivity contribution < 1.29 is 4.79 Å². The molecule has 1 saturated carbocycles. The van der Waals surface area contributed by atoms with Crippen molar-refractivity contribution in [2.75, 3.05) is 18.4 Å². The van der Waals surface area contributed by atoms with E-state index in [1.807, 2.05) is 24.0 Å². The van der Waals surface area contributed by atoms with Gasteiger partial charge in [0.15, 0.2) is 0 Å². The summed E-state index contributed by atoms with van der Waals surface area (Å²) in [6, 6.07) is 6.63. The third-order valence-corrected chi connectivity index (χ3v) is 4.02. The second-order valence-corrected chi connectivity index (χ2v) is 5.84. The second kappa shape index (κ2) is 6.42. The van der Waals surface area contributed by atoms with Gasteiger partial charge in [0.2, 0.25) is 5.91 Å². The highest BCUT2D eigenvalue weighted by atomic mass is 79.9. The lowest BCUT2D eigenvalue weighted by Gasteiger charge is -2.21. The van der Waals surface area contributed by atoms with E-state index >= 15 is 0 Å². The number of anilines is 1. The summed E-state index contributed by atoms with van der Waals surface area (Å²) in [5, 5.41) is 3.28. The predicted molar refractivity (Wildman–Crippen MR) is 82.4 cm³/mol. The molecule has 2 rings (SSSR count). The molecule has 1 aromatic carbocycles. The van der Waals surface area contributed by atoms with E-state index in [1.165, 1.54) is 5.56 Å². The van der Waals surface area contributed by atoms with Gasteiger partial charge in [-0.15, -0.1) is 0 Å². The lowest BCUT2D eigenvalue weighted by Crippen LogP contribution is -2.37. The fraction of sp³-hybridized carbons (Fsp3) is 0.533. The van der Waals surface area contributed by atoms with Crippen LogP contribution in [0.3, 0.4) is 0 Å². The van der Waals surface area contributed by atoms with E-state index in [2.05, 4.69) is 34.2 Å². The van der Waals surface area contributed by atoms with Gasteiger partial charge in [-0.2, -0.15) is 0 Å². The largest absolute Gasteiger partial charge is 0.376 e. The van der Waals surface area contributed by atoms with Crippen molar-refractivity contribution in [2.45, 2.75) is 39.2 Å². The topological polar surface area (TPSA) is 32.3 Å². The number of carbonyl (C=O) groups excluding carboxylic acids is 1. The summed E-state index contributed by atoms with van der Waals surface area (Å²) in [5.41, 5.74) is 2.29. The average Bonchev–Trinajstić information content (AvgIpc) is 3.22. The maximum Gasteiger partial charge on any atom is 0.242 e. The number of nitrogens with zero attached hydrogens (tertiary/aromatic N) is 1. The first-order valence-corrected chi connectivity index (χ1v) is 7.76. The number of aryl methyl sites for hydroxylation is 1. The quantitative estimate of drug-likeness (QED) is 0.869. The predicted octanol–water partition coefficient (Wildman–Crippen LogP) is 3.43. The molecule has 1 fully saturated rings. The van der Waals surface area contributed by atoms with Crippen LogP contribution in [0.5, 0.6) is 0 Å². The summed E-state index contributed by atoms with van der Waals surface area (Å²) in [5.74, 6) is 0.204. The Morgan fingerprint density at radius 3 is 2.74 bits per heavy atom. The van der Waals surface area contributed by atoms with E-state index in [-0.39, 0.29) is 5.91 Å². The van der Waals surface area contributed by atoms with Gasteiger partial charge >= 0.3 is 0 Å². The van der Waals surface area contributed by atoms with Crippen molar-refractivity contribution in [1.82, 2.24) is 4.90 Å². The Kier molecular flexibility index (Phi) is 4.86. The van der Waals surface area contributed by atoms with Gasteiger partial charge in [0.25, 0.3) is 0 Å². The first-order valence-electron chi connectivity index (χ1n) is 6.97. The van der Waals surface area contributed by atoms with Crippen molar-refractivity contribution in [3.8, 4) is 0 Å². The molecule has 0 spiro atoms. The Labute approximate surface area is 123 Å². The van der Waals surface area contributed by atoms with Gasteiger partial charge in [-0.25, -0.2) is 0 Å². The summed E-state index contributed by atoms with van der Waals surface area (Å²) in [7, 11) is 0. The molecule has 1 aliphatic rings. The highest BCUT2D eigenvalue weighted by molar-refractivity contribution is 9.10. The van der Waals surface area contributed by atoms with Crippen LogP contribution in [0.4, 0.5) is 5.69 Å². The van der Waals surface area contributed by atoms with Gasteiger partial charge in [-0.3, -0.25) is 4.79 Å². The van der Waals surface area contributed by atoms with Crippen LogP contribution in [0, 0.1) is 0 Å². The summed E-state index contributed by atoms with van der Waals surface area (Å²) in [6.45, 7) is 5.37. The number of amides is 1.